The Labute approximate surface area is 187 Å². The Kier molecular flexibility index (Phi) is 5.83. The standard InChI is InChI=1S/C25H26N4O3/c1-25(2,32)23(30)22-12-18(9-10-27-22)17-5-7-21(8-6-17)28-24(31)29-14-19-4-3-16(13-26)11-20(19)15-29/h3-9,11,22,27,32H,10,12,14-15H2,1-2H3,(H,28,31). The third-order valence-electron chi connectivity index (χ3n) is 5.91. The molecule has 1 unspecified atom stereocenters. The Balaban J connectivity index is 1.38. The molecule has 2 aliphatic rings. The number of nitrogens with zero attached hydrogens (tertiary/aromatic N) is 2. The van der Waals surface area contributed by atoms with E-state index in [1.165, 1.54) is 13.8 Å². The summed E-state index contributed by atoms with van der Waals surface area (Å²) in [6.07, 6.45) is 2.55. The Hall–Kier alpha value is -3.47. The highest BCUT2D eigenvalue weighted by Crippen LogP contribution is 2.27. The largest absolute Gasteiger partial charge is 0.383 e. The van der Waals surface area contributed by atoms with E-state index >= 15 is 0 Å². The van der Waals surface area contributed by atoms with Crippen LogP contribution in [0.2, 0.25) is 0 Å². The van der Waals surface area contributed by atoms with E-state index in [1.807, 2.05) is 42.5 Å². The lowest BCUT2D eigenvalue weighted by atomic mass is 9.88. The maximum Gasteiger partial charge on any atom is 0.322 e. The Morgan fingerprint density at radius 1 is 1.16 bits per heavy atom. The lowest BCUT2D eigenvalue weighted by Crippen LogP contribution is -2.48. The van der Waals surface area contributed by atoms with Crippen molar-refractivity contribution in [3.05, 3.63) is 70.8 Å². The molecule has 2 aromatic carbocycles. The molecule has 0 fully saturated rings. The summed E-state index contributed by atoms with van der Waals surface area (Å²) in [5.74, 6) is -0.222. The van der Waals surface area contributed by atoms with Gasteiger partial charge in [-0.2, -0.15) is 5.26 Å². The maximum absolute atomic E-state index is 12.7. The van der Waals surface area contributed by atoms with E-state index in [9.17, 15) is 14.7 Å². The average molecular weight is 431 g/mol. The summed E-state index contributed by atoms with van der Waals surface area (Å²) in [5, 5.41) is 25.1. The van der Waals surface area contributed by atoms with Crippen molar-refractivity contribution in [2.75, 3.05) is 11.9 Å². The number of rotatable bonds is 4. The average Bonchev–Trinajstić information content (AvgIpc) is 3.22. The predicted octanol–water partition coefficient (Wildman–Crippen LogP) is 3.19. The van der Waals surface area contributed by atoms with Gasteiger partial charge in [-0.3, -0.25) is 4.79 Å². The van der Waals surface area contributed by atoms with Crippen molar-refractivity contribution in [3.8, 4) is 6.07 Å². The number of hydrogen-bond donors (Lipinski definition) is 3. The molecule has 0 spiro atoms. The number of carbonyl (C=O) groups excluding carboxylic acids is 2. The molecule has 0 aliphatic carbocycles. The van der Waals surface area contributed by atoms with Gasteiger partial charge in [0.2, 0.25) is 0 Å². The second kappa shape index (κ2) is 8.58. The van der Waals surface area contributed by atoms with Crippen molar-refractivity contribution in [3.63, 3.8) is 0 Å². The van der Waals surface area contributed by atoms with Gasteiger partial charge < -0.3 is 20.6 Å². The van der Waals surface area contributed by atoms with Crippen molar-refractivity contribution >= 4 is 23.1 Å². The third-order valence-corrected chi connectivity index (χ3v) is 5.91. The first kappa shape index (κ1) is 21.8. The molecule has 0 bridgehead atoms. The van der Waals surface area contributed by atoms with Crippen LogP contribution in [-0.2, 0) is 17.9 Å². The van der Waals surface area contributed by atoms with Gasteiger partial charge in [0.1, 0.15) is 5.60 Å². The van der Waals surface area contributed by atoms with Gasteiger partial charge in [0, 0.05) is 25.3 Å². The van der Waals surface area contributed by atoms with Crippen LogP contribution in [0.4, 0.5) is 10.5 Å². The molecular formula is C25H26N4O3. The van der Waals surface area contributed by atoms with Crippen LogP contribution in [0.15, 0.2) is 48.5 Å². The third kappa shape index (κ3) is 4.57. The summed E-state index contributed by atoms with van der Waals surface area (Å²) in [7, 11) is 0. The van der Waals surface area contributed by atoms with Gasteiger partial charge in [0.05, 0.1) is 17.7 Å². The summed E-state index contributed by atoms with van der Waals surface area (Å²) in [6, 6.07) is 14.6. The molecule has 2 amide bonds. The Morgan fingerprint density at radius 2 is 1.88 bits per heavy atom. The fourth-order valence-electron chi connectivity index (χ4n) is 4.13. The topological polar surface area (TPSA) is 105 Å². The minimum Gasteiger partial charge on any atom is -0.383 e. The number of nitrogens with one attached hydrogen (secondary N) is 2. The number of aliphatic hydroxyl groups is 1. The van der Waals surface area contributed by atoms with Gasteiger partial charge in [-0.05, 0) is 66.8 Å². The van der Waals surface area contributed by atoms with Crippen LogP contribution >= 0.6 is 0 Å². The maximum atomic E-state index is 12.7. The molecule has 164 valence electrons. The van der Waals surface area contributed by atoms with E-state index in [1.54, 1.807) is 11.0 Å². The zero-order chi connectivity index (χ0) is 22.9. The minimum atomic E-state index is -1.38. The first-order chi connectivity index (χ1) is 15.2. The van der Waals surface area contributed by atoms with E-state index < -0.39 is 11.6 Å². The smallest absolute Gasteiger partial charge is 0.322 e. The number of fused-ring (bicyclic) bond motifs is 1. The number of benzene rings is 2. The van der Waals surface area contributed by atoms with Crippen molar-refractivity contribution in [1.29, 1.82) is 5.26 Å². The van der Waals surface area contributed by atoms with Crippen molar-refractivity contribution in [2.45, 2.75) is 45.0 Å². The molecule has 2 aromatic rings. The Bertz CT molecular complexity index is 1120. The first-order valence-corrected chi connectivity index (χ1v) is 10.6. The highest BCUT2D eigenvalue weighted by Gasteiger charge is 2.33. The summed E-state index contributed by atoms with van der Waals surface area (Å²) in [6.45, 7) is 4.57. The molecule has 3 N–H and O–H groups in total. The van der Waals surface area contributed by atoms with Gasteiger partial charge in [-0.15, -0.1) is 0 Å². The quantitative estimate of drug-likeness (QED) is 0.691. The van der Waals surface area contributed by atoms with E-state index in [0.29, 0.717) is 37.3 Å². The van der Waals surface area contributed by atoms with Crippen LogP contribution in [0.5, 0.6) is 0 Å². The molecule has 7 heteroatoms. The molecule has 1 atom stereocenters. The van der Waals surface area contributed by atoms with E-state index in [-0.39, 0.29) is 11.8 Å². The van der Waals surface area contributed by atoms with E-state index in [0.717, 1.165) is 22.3 Å². The Morgan fingerprint density at radius 3 is 2.56 bits per heavy atom. The van der Waals surface area contributed by atoms with Crippen LogP contribution in [0.3, 0.4) is 0 Å². The number of ketones is 1. The molecule has 2 heterocycles. The second-order valence-electron chi connectivity index (χ2n) is 8.78. The molecule has 2 aliphatic heterocycles. The fourth-order valence-corrected chi connectivity index (χ4v) is 4.13. The van der Waals surface area contributed by atoms with E-state index in [2.05, 4.69) is 16.7 Å². The van der Waals surface area contributed by atoms with Crippen LogP contribution in [0.25, 0.3) is 5.57 Å². The van der Waals surface area contributed by atoms with Gasteiger partial charge in [0.15, 0.2) is 5.78 Å². The van der Waals surface area contributed by atoms with Crippen LogP contribution in [-0.4, -0.2) is 40.0 Å². The number of Topliss-reactive ketones (excluding diaryl/α,β-unsaturated/α-hetero) is 1. The number of anilines is 1. The van der Waals surface area contributed by atoms with Crippen LogP contribution in [0.1, 0.15) is 42.5 Å². The normalized spacial score (nSPS) is 17.9. The van der Waals surface area contributed by atoms with E-state index in [4.69, 9.17) is 5.26 Å². The number of amides is 2. The lowest BCUT2D eigenvalue weighted by molar-refractivity contribution is -0.136. The first-order valence-electron chi connectivity index (χ1n) is 10.6. The second-order valence-corrected chi connectivity index (χ2v) is 8.78. The molecule has 7 nitrogen and oxygen atoms in total. The monoisotopic (exact) mass is 430 g/mol. The number of carbonyl (C=O) groups is 2. The van der Waals surface area contributed by atoms with Gasteiger partial charge in [-0.1, -0.05) is 24.3 Å². The molecule has 0 aromatic heterocycles. The summed E-state index contributed by atoms with van der Waals surface area (Å²) >= 11 is 0. The van der Waals surface area contributed by atoms with Crippen molar-refractivity contribution in [1.82, 2.24) is 10.2 Å². The van der Waals surface area contributed by atoms with Crippen molar-refractivity contribution < 1.29 is 14.7 Å². The molecular weight excluding hydrogens is 404 g/mol. The zero-order valence-electron chi connectivity index (χ0n) is 18.2. The summed E-state index contributed by atoms with van der Waals surface area (Å²) < 4.78 is 0. The number of urea groups is 1. The van der Waals surface area contributed by atoms with Gasteiger partial charge in [-0.25, -0.2) is 4.79 Å². The molecule has 4 rings (SSSR count). The number of hydrogen-bond acceptors (Lipinski definition) is 5. The SMILES string of the molecule is CC(C)(O)C(=O)C1CC(c2ccc(NC(=O)N3Cc4ccc(C#N)cc4C3)cc2)=CCN1. The van der Waals surface area contributed by atoms with Crippen molar-refractivity contribution in [2.24, 2.45) is 0 Å². The van der Waals surface area contributed by atoms with Crippen LogP contribution in [0, 0.1) is 11.3 Å². The predicted molar refractivity (Wildman–Crippen MR) is 122 cm³/mol. The van der Waals surface area contributed by atoms with Gasteiger partial charge >= 0.3 is 6.03 Å². The minimum absolute atomic E-state index is 0.190. The molecule has 32 heavy (non-hydrogen) atoms. The zero-order valence-corrected chi connectivity index (χ0v) is 18.2. The lowest BCUT2D eigenvalue weighted by Gasteiger charge is -2.28. The molecule has 0 radical (unpaired) electrons. The molecule has 0 saturated heterocycles. The molecule has 0 saturated carbocycles. The summed E-state index contributed by atoms with van der Waals surface area (Å²) in [4.78, 5) is 26.8. The number of nitriles is 1. The highest BCUT2D eigenvalue weighted by molar-refractivity contribution is 5.93. The van der Waals surface area contributed by atoms with Crippen LogP contribution < -0.4 is 10.6 Å². The highest BCUT2D eigenvalue weighted by atomic mass is 16.3. The van der Waals surface area contributed by atoms with Gasteiger partial charge in [0.25, 0.3) is 0 Å². The summed E-state index contributed by atoms with van der Waals surface area (Å²) in [5.41, 5.74) is 3.99. The fraction of sp³-hybridized carbons (Fsp3) is 0.320.